The van der Waals surface area contributed by atoms with Crippen LogP contribution in [0.3, 0.4) is 0 Å². The van der Waals surface area contributed by atoms with E-state index >= 15 is 0 Å². The molecule has 0 saturated heterocycles. The van der Waals surface area contributed by atoms with E-state index in [2.05, 4.69) is 30.3 Å². The van der Waals surface area contributed by atoms with E-state index in [0.29, 0.717) is 0 Å². The standard InChI is InChI=1S/C12H17N3/c1-8-9(13)5-6-10-11(8)15(7-14-10)12(2,3)4/h5-7H,13H2,1-4H3. The van der Waals surface area contributed by atoms with Crippen LogP contribution >= 0.6 is 0 Å². The summed E-state index contributed by atoms with van der Waals surface area (Å²) < 4.78 is 2.17. The minimum absolute atomic E-state index is 0.0350. The maximum absolute atomic E-state index is 5.92. The molecule has 2 N–H and O–H groups in total. The van der Waals surface area contributed by atoms with Crippen molar-refractivity contribution < 1.29 is 0 Å². The highest BCUT2D eigenvalue weighted by Gasteiger charge is 2.17. The van der Waals surface area contributed by atoms with E-state index in [1.807, 2.05) is 25.4 Å². The van der Waals surface area contributed by atoms with Crippen LogP contribution in [-0.2, 0) is 5.54 Å². The molecule has 0 spiro atoms. The van der Waals surface area contributed by atoms with Crippen LogP contribution in [0.2, 0.25) is 0 Å². The average Bonchev–Trinajstić information content (AvgIpc) is 2.54. The van der Waals surface area contributed by atoms with E-state index in [0.717, 1.165) is 22.3 Å². The number of hydrogen-bond acceptors (Lipinski definition) is 2. The fraction of sp³-hybridized carbons (Fsp3) is 0.417. The Labute approximate surface area is 89.9 Å². The number of anilines is 1. The molecule has 15 heavy (non-hydrogen) atoms. The topological polar surface area (TPSA) is 43.8 Å². The molecule has 3 heteroatoms. The van der Waals surface area contributed by atoms with E-state index in [9.17, 15) is 0 Å². The highest BCUT2D eigenvalue weighted by atomic mass is 15.1. The molecule has 0 atom stereocenters. The summed E-state index contributed by atoms with van der Waals surface area (Å²) in [4.78, 5) is 4.39. The first kappa shape index (κ1) is 10.0. The van der Waals surface area contributed by atoms with E-state index < -0.39 is 0 Å². The molecule has 0 amide bonds. The summed E-state index contributed by atoms with van der Waals surface area (Å²) in [5.74, 6) is 0. The van der Waals surface area contributed by atoms with Gasteiger partial charge in [-0.05, 0) is 45.4 Å². The lowest BCUT2D eigenvalue weighted by Crippen LogP contribution is -2.21. The first-order valence-corrected chi connectivity index (χ1v) is 5.14. The second-order valence-electron chi connectivity index (χ2n) is 4.93. The van der Waals surface area contributed by atoms with Crippen molar-refractivity contribution in [2.24, 2.45) is 0 Å². The molecule has 2 rings (SSSR count). The number of imidazole rings is 1. The zero-order chi connectivity index (χ0) is 11.2. The maximum Gasteiger partial charge on any atom is 0.0963 e. The Morgan fingerprint density at radius 2 is 1.93 bits per heavy atom. The van der Waals surface area contributed by atoms with E-state index in [1.54, 1.807) is 0 Å². The number of nitrogen functional groups attached to an aromatic ring is 1. The number of aryl methyl sites for hydroxylation is 1. The fourth-order valence-corrected chi connectivity index (χ4v) is 1.80. The van der Waals surface area contributed by atoms with Crippen molar-refractivity contribution in [2.75, 3.05) is 5.73 Å². The van der Waals surface area contributed by atoms with Gasteiger partial charge in [0.1, 0.15) is 0 Å². The van der Waals surface area contributed by atoms with Crippen molar-refractivity contribution in [3.8, 4) is 0 Å². The normalized spacial score (nSPS) is 12.3. The molecule has 80 valence electrons. The summed E-state index contributed by atoms with van der Waals surface area (Å²) in [7, 11) is 0. The summed E-state index contributed by atoms with van der Waals surface area (Å²) in [5, 5.41) is 0. The van der Waals surface area contributed by atoms with Crippen LogP contribution in [0.4, 0.5) is 5.69 Å². The number of fused-ring (bicyclic) bond motifs is 1. The zero-order valence-corrected chi connectivity index (χ0v) is 9.70. The summed E-state index contributed by atoms with van der Waals surface area (Å²) in [5.41, 5.74) is 10.0. The molecule has 0 unspecified atom stereocenters. The first-order chi connectivity index (χ1) is 6.91. The van der Waals surface area contributed by atoms with Crippen LogP contribution < -0.4 is 5.73 Å². The predicted molar refractivity (Wildman–Crippen MR) is 63.9 cm³/mol. The van der Waals surface area contributed by atoms with Crippen LogP contribution in [-0.4, -0.2) is 9.55 Å². The Bertz CT molecular complexity index is 503. The van der Waals surface area contributed by atoms with Gasteiger partial charge >= 0.3 is 0 Å². The molecule has 0 aliphatic carbocycles. The Morgan fingerprint density at radius 3 is 2.53 bits per heavy atom. The first-order valence-electron chi connectivity index (χ1n) is 5.14. The van der Waals surface area contributed by atoms with E-state index in [-0.39, 0.29) is 5.54 Å². The second-order valence-corrected chi connectivity index (χ2v) is 4.93. The number of nitrogens with two attached hydrogens (primary N) is 1. The van der Waals surface area contributed by atoms with Gasteiger partial charge in [-0.15, -0.1) is 0 Å². The quantitative estimate of drug-likeness (QED) is 0.669. The van der Waals surface area contributed by atoms with E-state index in [4.69, 9.17) is 5.73 Å². The van der Waals surface area contributed by atoms with Gasteiger partial charge in [-0.25, -0.2) is 4.98 Å². The number of nitrogens with zero attached hydrogens (tertiary/aromatic N) is 2. The summed E-state index contributed by atoms with van der Waals surface area (Å²) in [6, 6.07) is 3.89. The second kappa shape index (κ2) is 2.99. The smallest absolute Gasteiger partial charge is 0.0963 e. The van der Waals surface area contributed by atoms with Crippen LogP contribution in [0.5, 0.6) is 0 Å². The minimum Gasteiger partial charge on any atom is -0.398 e. The molecule has 0 bridgehead atoms. The molecule has 1 heterocycles. The van der Waals surface area contributed by atoms with Gasteiger partial charge in [0.15, 0.2) is 0 Å². The Morgan fingerprint density at radius 1 is 1.27 bits per heavy atom. The third-order valence-corrected chi connectivity index (χ3v) is 2.73. The maximum atomic E-state index is 5.92. The van der Waals surface area contributed by atoms with Crippen molar-refractivity contribution in [3.63, 3.8) is 0 Å². The Balaban J connectivity index is 2.84. The third kappa shape index (κ3) is 1.48. The Hall–Kier alpha value is -1.51. The van der Waals surface area contributed by atoms with Gasteiger partial charge in [-0.2, -0.15) is 0 Å². The Kier molecular flexibility index (Phi) is 2.00. The van der Waals surface area contributed by atoms with Crippen molar-refractivity contribution >= 4 is 16.7 Å². The molecule has 3 nitrogen and oxygen atoms in total. The molecule has 0 radical (unpaired) electrons. The molecule has 2 aromatic rings. The third-order valence-electron chi connectivity index (χ3n) is 2.73. The van der Waals surface area contributed by atoms with Gasteiger partial charge in [0.2, 0.25) is 0 Å². The number of benzene rings is 1. The van der Waals surface area contributed by atoms with E-state index in [1.165, 1.54) is 0 Å². The van der Waals surface area contributed by atoms with Gasteiger partial charge in [0.25, 0.3) is 0 Å². The molecule has 1 aromatic carbocycles. The van der Waals surface area contributed by atoms with Crippen molar-refractivity contribution in [3.05, 3.63) is 24.0 Å². The largest absolute Gasteiger partial charge is 0.398 e. The summed E-state index contributed by atoms with van der Waals surface area (Å²) in [6.07, 6.45) is 1.89. The van der Waals surface area contributed by atoms with Crippen molar-refractivity contribution in [1.82, 2.24) is 9.55 Å². The lowest BCUT2D eigenvalue weighted by molar-refractivity contribution is 0.408. The van der Waals surface area contributed by atoms with Gasteiger partial charge in [0, 0.05) is 11.2 Å². The van der Waals surface area contributed by atoms with Gasteiger partial charge in [0.05, 0.1) is 17.4 Å². The molecule has 0 aliphatic rings. The predicted octanol–water partition coefficient (Wildman–Crippen LogP) is 2.68. The summed E-state index contributed by atoms with van der Waals surface area (Å²) >= 11 is 0. The fourth-order valence-electron chi connectivity index (χ4n) is 1.80. The molecule has 1 aromatic heterocycles. The lowest BCUT2D eigenvalue weighted by Gasteiger charge is -2.22. The highest BCUT2D eigenvalue weighted by molar-refractivity contribution is 5.84. The number of rotatable bonds is 0. The van der Waals surface area contributed by atoms with Crippen LogP contribution in [0.15, 0.2) is 18.5 Å². The van der Waals surface area contributed by atoms with Crippen molar-refractivity contribution in [2.45, 2.75) is 33.2 Å². The van der Waals surface area contributed by atoms with Crippen molar-refractivity contribution in [1.29, 1.82) is 0 Å². The van der Waals surface area contributed by atoms with Gasteiger partial charge < -0.3 is 10.3 Å². The SMILES string of the molecule is Cc1c(N)ccc2ncn(C(C)(C)C)c12. The molecule has 0 fully saturated rings. The molecular weight excluding hydrogens is 186 g/mol. The minimum atomic E-state index is 0.0350. The monoisotopic (exact) mass is 203 g/mol. The lowest BCUT2D eigenvalue weighted by atomic mass is 10.1. The van der Waals surface area contributed by atoms with Gasteiger partial charge in [-0.3, -0.25) is 0 Å². The van der Waals surface area contributed by atoms with Gasteiger partial charge in [-0.1, -0.05) is 0 Å². The number of aromatic nitrogens is 2. The van der Waals surface area contributed by atoms with Crippen LogP contribution in [0.25, 0.3) is 11.0 Å². The molecule has 0 saturated carbocycles. The zero-order valence-electron chi connectivity index (χ0n) is 9.70. The van der Waals surface area contributed by atoms with Crippen LogP contribution in [0, 0.1) is 6.92 Å². The average molecular weight is 203 g/mol. The summed E-state index contributed by atoms with van der Waals surface area (Å²) in [6.45, 7) is 8.53. The molecular formula is C12H17N3. The van der Waals surface area contributed by atoms with Crippen LogP contribution in [0.1, 0.15) is 26.3 Å². The number of hydrogen-bond donors (Lipinski definition) is 1. The highest BCUT2D eigenvalue weighted by Crippen LogP contribution is 2.27. The molecule has 0 aliphatic heterocycles.